The number of hydrogen-bond donors (Lipinski definition) is 5. The molecule has 0 bridgehead atoms. The quantitative estimate of drug-likeness (QED) is 0.140. The van der Waals surface area contributed by atoms with E-state index in [9.17, 15) is 18.0 Å². The Balaban J connectivity index is 1.31. The van der Waals surface area contributed by atoms with Gasteiger partial charge in [0.05, 0.1) is 4.90 Å². The van der Waals surface area contributed by atoms with Crippen molar-refractivity contribution < 1.29 is 18.0 Å². The highest BCUT2D eigenvalue weighted by atomic mass is 35.5. The lowest BCUT2D eigenvalue weighted by atomic mass is 9.96. The maximum Gasteiger partial charge on any atom is 0.315 e. The lowest BCUT2D eigenvalue weighted by Crippen LogP contribution is -2.55. The van der Waals surface area contributed by atoms with Gasteiger partial charge in [0.2, 0.25) is 15.9 Å². The molecule has 0 unspecified atom stereocenters. The third kappa shape index (κ3) is 9.25. The molecule has 250 valence electrons. The number of urea groups is 1. The lowest BCUT2D eigenvalue weighted by Gasteiger charge is -2.35. The molecule has 3 aromatic rings. The Labute approximate surface area is 285 Å². The van der Waals surface area contributed by atoms with Crippen LogP contribution in [0.3, 0.4) is 0 Å². The molecule has 1 heterocycles. The van der Waals surface area contributed by atoms with Crippen LogP contribution in [0.15, 0.2) is 71.6 Å². The highest BCUT2D eigenvalue weighted by Crippen LogP contribution is 2.31. The molecular formula is C34H40Cl2N6O4S. The molecule has 10 nitrogen and oxygen atoms in total. The number of carbonyl (C=O) groups excluding carboxylic acids is 2. The molecule has 1 aliphatic heterocycles. The Morgan fingerprint density at radius 2 is 1.57 bits per heavy atom. The molecular weight excluding hydrogens is 659 g/mol. The van der Waals surface area contributed by atoms with Crippen molar-refractivity contribution in [3.63, 3.8) is 0 Å². The van der Waals surface area contributed by atoms with Crippen molar-refractivity contribution >= 4 is 51.0 Å². The summed E-state index contributed by atoms with van der Waals surface area (Å²) in [5.74, 6) is -0.501. The molecule has 0 aromatic heterocycles. The van der Waals surface area contributed by atoms with Crippen LogP contribution in [0.2, 0.25) is 10.0 Å². The Kier molecular flexibility index (Phi) is 11.4. The molecule has 1 aliphatic carbocycles. The van der Waals surface area contributed by atoms with Gasteiger partial charge in [-0.1, -0.05) is 78.9 Å². The first-order chi connectivity index (χ1) is 22.5. The molecule has 6 N–H and O–H groups in total. The first-order valence-corrected chi connectivity index (χ1v) is 18.1. The number of carbonyl (C=O) groups is 2. The molecule has 5 rings (SSSR count). The second-order valence-corrected chi connectivity index (χ2v) is 14.8. The van der Waals surface area contributed by atoms with Crippen LogP contribution in [0.25, 0.3) is 11.1 Å². The number of likely N-dealkylation sites (tertiary alicyclic amines) is 1. The van der Waals surface area contributed by atoms with Gasteiger partial charge >= 0.3 is 6.03 Å². The standard InChI is InChI=1S/C34H40Cl2N6O4S/c35-25-12-13-29(30(36)21-25)23-7-5-11-28(20-23)47(45,46)41-31(19-22-6-4-8-24(18-22)32(37)38)33(43)42-16-14-27(15-17-42)40-34(44)39-26-9-2-1-3-10-26/h4-8,11-13,18,20-21,26-27,31,41H,1-3,9-10,14-17,19H2,(H3,37,38)(H2,39,40,44)/t31-/m0/s1. The second kappa shape index (κ2) is 15.5. The largest absolute Gasteiger partial charge is 0.384 e. The van der Waals surface area contributed by atoms with Crippen molar-refractivity contribution in [2.24, 2.45) is 5.73 Å². The topological polar surface area (TPSA) is 157 Å². The van der Waals surface area contributed by atoms with Gasteiger partial charge in [0, 0.05) is 46.3 Å². The Morgan fingerprint density at radius 3 is 2.26 bits per heavy atom. The van der Waals surface area contributed by atoms with E-state index >= 15 is 0 Å². The summed E-state index contributed by atoms with van der Waals surface area (Å²) in [4.78, 5) is 28.2. The number of sulfonamides is 1. The number of nitrogen functional groups attached to an aromatic ring is 1. The van der Waals surface area contributed by atoms with E-state index in [0.29, 0.717) is 58.2 Å². The van der Waals surface area contributed by atoms with Crippen molar-refractivity contribution in [2.75, 3.05) is 13.1 Å². The Morgan fingerprint density at radius 1 is 0.894 bits per heavy atom. The SMILES string of the molecule is N=C(N)c1cccc(C[C@H](NS(=O)(=O)c2cccc(-c3ccc(Cl)cc3Cl)c2)C(=O)N2CCC(NC(=O)NC3CCCCC3)CC2)c1. The zero-order valence-corrected chi connectivity index (χ0v) is 28.3. The van der Waals surface area contributed by atoms with Crippen LogP contribution in [-0.4, -0.2) is 62.3 Å². The first-order valence-electron chi connectivity index (χ1n) is 15.9. The number of amides is 3. The molecule has 2 fully saturated rings. The monoisotopic (exact) mass is 698 g/mol. The van der Waals surface area contributed by atoms with Crippen LogP contribution in [0.5, 0.6) is 0 Å². The maximum absolute atomic E-state index is 14.0. The number of halogens is 2. The van der Waals surface area contributed by atoms with Gasteiger partial charge in [-0.2, -0.15) is 4.72 Å². The predicted molar refractivity (Wildman–Crippen MR) is 185 cm³/mol. The van der Waals surface area contributed by atoms with Crippen LogP contribution in [0, 0.1) is 5.41 Å². The molecule has 2 aliphatic rings. The maximum atomic E-state index is 14.0. The van der Waals surface area contributed by atoms with E-state index in [-0.39, 0.29) is 41.2 Å². The van der Waals surface area contributed by atoms with Crippen molar-refractivity contribution in [1.29, 1.82) is 5.41 Å². The van der Waals surface area contributed by atoms with Crippen LogP contribution in [0.4, 0.5) is 4.79 Å². The van der Waals surface area contributed by atoms with Crippen molar-refractivity contribution in [3.05, 3.63) is 87.9 Å². The van der Waals surface area contributed by atoms with E-state index in [4.69, 9.17) is 34.3 Å². The summed E-state index contributed by atoms with van der Waals surface area (Å²) in [6.45, 7) is 0.729. The number of benzene rings is 3. The summed E-state index contributed by atoms with van der Waals surface area (Å²) in [5, 5.41) is 14.8. The average molecular weight is 700 g/mol. The van der Waals surface area contributed by atoms with Crippen LogP contribution in [-0.2, 0) is 21.2 Å². The van der Waals surface area contributed by atoms with Crippen LogP contribution >= 0.6 is 23.2 Å². The minimum Gasteiger partial charge on any atom is -0.384 e. The summed E-state index contributed by atoms with van der Waals surface area (Å²) in [6, 6.07) is 17.0. The van der Waals surface area contributed by atoms with Gasteiger partial charge in [-0.05, 0) is 73.6 Å². The van der Waals surface area contributed by atoms with Crippen LogP contribution < -0.4 is 21.1 Å². The molecule has 3 amide bonds. The van der Waals surface area contributed by atoms with Gasteiger partial charge in [0.15, 0.2) is 0 Å². The zero-order chi connectivity index (χ0) is 33.6. The first kappa shape index (κ1) is 34.7. The Hall–Kier alpha value is -3.64. The van der Waals surface area contributed by atoms with Crippen LogP contribution in [0.1, 0.15) is 56.1 Å². The fraction of sp³-hybridized carbons (Fsp3) is 0.382. The molecule has 1 atom stereocenters. The summed E-state index contributed by atoms with van der Waals surface area (Å²) < 4.78 is 30.3. The smallest absolute Gasteiger partial charge is 0.315 e. The third-order valence-electron chi connectivity index (χ3n) is 8.74. The number of nitrogens with zero attached hydrogens (tertiary/aromatic N) is 1. The van der Waals surface area contributed by atoms with E-state index in [1.54, 1.807) is 59.5 Å². The van der Waals surface area contributed by atoms with Gasteiger partial charge in [-0.25, -0.2) is 13.2 Å². The van der Waals surface area contributed by atoms with Gasteiger partial charge in [0.25, 0.3) is 0 Å². The molecule has 47 heavy (non-hydrogen) atoms. The fourth-order valence-corrected chi connectivity index (χ4v) is 7.97. The van der Waals surface area contributed by atoms with Crippen molar-refractivity contribution in [1.82, 2.24) is 20.3 Å². The van der Waals surface area contributed by atoms with Gasteiger partial charge in [-0.15, -0.1) is 0 Å². The van der Waals surface area contributed by atoms with Crippen molar-refractivity contribution in [2.45, 2.75) is 74.4 Å². The van der Waals surface area contributed by atoms with E-state index in [1.165, 1.54) is 18.6 Å². The third-order valence-corrected chi connectivity index (χ3v) is 10.8. The van der Waals surface area contributed by atoms with E-state index in [0.717, 1.165) is 25.7 Å². The number of rotatable bonds is 10. The number of nitrogens with two attached hydrogens (primary N) is 1. The summed E-state index contributed by atoms with van der Waals surface area (Å²) in [5.41, 5.74) is 8.01. The summed E-state index contributed by atoms with van der Waals surface area (Å²) in [7, 11) is -4.18. The van der Waals surface area contributed by atoms with E-state index < -0.39 is 16.1 Å². The second-order valence-electron chi connectivity index (χ2n) is 12.2. The number of amidine groups is 1. The molecule has 0 radical (unpaired) electrons. The zero-order valence-electron chi connectivity index (χ0n) is 26.0. The fourth-order valence-electron chi connectivity index (χ4n) is 6.21. The van der Waals surface area contributed by atoms with Gasteiger partial charge < -0.3 is 21.3 Å². The highest BCUT2D eigenvalue weighted by Gasteiger charge is 2.32. The minimum atomic E-state index is -4.18. The normalized spacial score (nSPS) is 16.8. The molecule has 1 saturated heterocycles. The highest BCUT2D eigenvalue weighted by molar-refractivity contribution is 7.89. The predicted octanol–water partition coefficient (Wildman–Crippen LogP) is 5.46. The molecule has 13 heteroatoms. The molecule has 3 aromatic carbocycles. The number of piperidine rings is 1. The van der Waals surface area contributed by atoms with E-state index in [2.05, 4.69) is 15.4 Å². The van der Waals surface area contributed by atoms with Crippen molar-refractivity contribution in [3.8, 4) is 11.1 Å². The molecule has 1 saturated carbocycles. The summed E-state index contributed by atoms with van der Waals surface area (Å²) in [6.07, 6.45) is 6.58. The average Bonchev–Trinajstić information content (AvgIpc) is 3.05. The van der Waals surface area contributed by atoms with Gasteiger partial charge in [-0.3, -0.25) is 10.2 Å². The summed E-state index contributed by atoms with van der Waals surface area (Å²) >= 11 is 12.5. The van der Waals surface area contributed by atoms with E-state index in [1.807, 2.05) is 0 Å². The number of nitrogens with one attached hydrogen (secondary N) is 4. The Bertz CT molecular complexity index is 1720. The lowest BCUT2D eigenvalue weighted by molar-refractivity contribution is -0.134. The molecule has 0 spiro atoms. The van der Waals surface area contributed by atoms with Gasteiger partial charge in [0.1, 0.15) is 11.9 Å². The number of hydrogen-bond acceptors (Lipinski definition) is 5. The minimum absolute atomic E-state index is 0.0248.